The molecule has 1 heterocycles. The predicted molar refractivity (Wildman–Crippen MR) is 103 cm³/mol. The molecule has 3 rings (SSSR count). The Morgan fingerprint density at radius 3 is 2.54 bits per heavy atom. The minimum absolute atomic E-state index is 0.0225. The Kier molecular flexibility index (Phi) is 5.51. The van der Waals surface area contributed by atoms with Gasteiger partial charge in [0.1, 0.15) is 12.6 Å². The molecule has 1 aliphatic heterocycles. The predicted octanol–water partition coefficient (Wildman–Crippen LogP) is 3.61. The third-order valence-electron chi connectivity index (χ3n) is 4.49. The van der Waals surface area contributed by atoms with E-state index in [0.29, 0.717) is 5.56 Å². The first kappa shape index (κ1) is 20.0. The number of ether oxygens (including phenoxy) is 1. The maximum absolute atomic E-state index is 13.1. The van der Waals surface area contributed by atoms with E-state index in [1.165, 1.54) is 12.1 Å². The van der Waals surface area contributed by atoms with Crippen molar-refractivity contribution in [1.82, 2.24) is 5.32 Å². The molecule has 6 nitrogen and oxygen atoms in total. The van der Waals surface area contributed by atoms with Crippen molar-refractivity contribution in [2.75, 3.05) is 6.61 Å². The van der Waals surface area contributed by atoms with Crippen LogP contribution in [0, 0.1) is 5.92 Å². The molecule has 8 heteroatoms. The molecule has 148 valence electrons. The fourth-order valence-electron chi connectivity index (χ4n) is 3.16. The van der Waals surface area contributed by atoms with Crippen LogP contribution >= 0.6 is 0 Å². The van der Waals surface area contributed by atoms with Gasteiger partial charge in [0, 0.05) is 5.56 Å². The SMILES string of the molecule is CC(C)C[C@H](NC(=O)OCC1=Cc2c(ccc3ccccc23)S1(=O)=O)C(=O)F. The second-order valence-corrected chi connectivity index (χ2v) is 8.99. The fourth-order valence-corrected chi connectivity index (χ4v) is 4.63. The van der Waals surface area contributed by atoms with E-state index in [-0.39, 0.29) is 22.1 Å². The number of hydrogen-bond donors (Lipinski definition) is 1. The molecule has 0 fully saturated rings. The number of benzene rings is 2. The summed E-state index contributed by atoms with van der Waals surface area (Å²) in [4.78, 5) is 23.0. The van der Waals surface area contributed by atoms with E-state index in [1.807, 2.05) is 24.3 Å². The van der Waals surface area contributed by atoms with E-state index in [2.05, 4.69) is 5.32 Å². The minimum Gasteiger partial charge on any atom is -0.444 e. The number of hydrogen-bond acceptors (Lipinski definition) is 5. The van der Waals surface area contributed by atoms with Gasteiger partial charge in [-0.25, -0.2) is 13.2 Å². The van der Waals surface area contributed by atoms with Crippen molar-refractivity contribution in [3.05, 3.63) is 46.9 Å². The van der Waals surface area contributed by atoms with Crippen molar-refractivity contribution < 1.29 is 27.1 Å². The maximum atomic E-state index is 13.1. The zero-order chi connectivity index (χ0) is 20.5. The largest absolute Gasteiger partial charge is 0.444 e. The summed E-state index contributed by atoms with van der Waals surface area (Å²) < 4.78 is 43.5. The molecule has 0 spiro atoms. The standard InChI is InChI=1S/C20H20FNO5S/c1-12(2)9-17(19(21)23)22-20(24)27-11-14-10-16-15-6-4-3-5-13(15)7-8-18(16)28(14,25)26/h3-8,10,12,17H,9,11H2,1-2H3,(H,22,24)/t17-/m0/s1. The van der Waals surface area contributed by atoms with Crippen LogP contribution in [0.1, 0.15) is 25.8 Å². The Labute approximate surface area is 162 Å². The van der Waals surface area contributed by atoms with Crippen molar-refractivity contribution in [1.29, 1.82) is 0 Å². The molecular formula is C20H20FNO5S. The molecule has 0 radical (unpaired) electrons. The second kappa shape index (κ2) is 7.71. The van der Waals surface area contributed by atoms with Gasteiger partial charge in [-0.3, -0.25) is 4.79 Å². The quantitative estimate of drug-likeness (QED) is 0.742. The molecule has 2 aromatic rings. The summed E-state index contributed by atoms with van der Waals surface area (Å²) in [6.45, 7) is 3.05. The van der Waals surface area contributed by atoms with Gasteiger partial charge in [0.15, 0.2) is 0 Å². The Morgan fingerprint density at radius 1 is 1.14 bits per heavy atom. The molecule has 1 atom stereocenters. The van der Waals surface area contributed by atoms with Crippen LogP contribution in [0.15, 0.2) is 46.2 Å². The number of fused-ring (bicyclic) bond motifs is 3. The minimum atomic E-state index is -3.78. The molecule has 28 heavy (non-hydrogen) atoms. The highest BCUT2D eigenvalue weighted by Crippen LogP contribution is 2.37. The summed E-state index contributed by atoms with van der Waals surface area (Å²) in [6.07, 6.45) is 0.545. The van der Waals surface area contributed by atoms with Gasteiger partial charge in [-0.15, -0.1) is 0 Å². The first-order valence-corrected chi connectivity index (χ1v) is 10.3. The molecule has 1 N–H and O–H groups in total. The highest BCUT2D eigenvalue weighted by Gasteiger charge is 2.32. The third-order valence-corrected chi connectivity index (χ3v) is 6.35. The summed E-state index contributed by atoms with van der Waals surface area (Å²) in [5.74, 6) is -0.0225. The zero-order valence-electron chi connectivity index (χ0n) is 15.4. The molecule has 1 aliphatic rings. The van der Waals surface area contributed by atoms with Crippen molar-refractivity contribution in [2.45, 2.75) is 31.2 Å². The van der Waals surface area contributed by atoms with E-state index in [0.717, 1.165) is 10.8 Å². The van der Waals surface area contributed by atoms with Gasteiger partial charge in [0.25, 0.3) is 0 Å². The summed E-state index contributed by atoms with van der Waals surface area (Å²) in [7, 11) is -3.78. The monoisotopic (exact) mass is 405 g/mol. The number of amides is 1. The first-order chi connectivity index (χ1) is 13.2. The van der Waals surface area contributed by atoms with Crippen LogP contribution in [0.5, 0.6) is 0 Å². The van der Waals surface area contributed by atoms with Crippen molar-refractivity contribution in [2.24, 2.45) is 5.92 Å². The average Bonchev–Trinajstić information content (AvgIpc) is 2.89. The normalized spacial score (nSPS) is 15.8. The average molecular weight is 405 g/mol. The summed E-state index contributed by atoms with van der Waals surface area (Å²) in [6, 6.07) is 7.63. The van der Waals surface area contributed by atoms with Gasteiger partial charge in [0.2, 0.25) is 9.84 Å². The van der Waals surface area contributed by atoms with Crippen LogP contribution in [0.4, 0.5) is 9.18 Å². The topological polar surface area (TPSA) is 89.5 Å². The third kappa shape index (κ3) is 3.91. The van der Waals surface area contributed by atoms with Crippen LogP contribution < -0.4 is 5.32 Å². The summed E-state index contributed by atoms with van der Waals surface area (Å²) in [5, 5.41) is 3.82. The van der Waals surface area contributed by atoms with Crippen LogP contribution in [-0.4, -0.2) is 33.2 Å². The maximum Gasteiger partial charge on any atom is 0.408 e. The first-order valence-electron chi connectivity index (χ1n) is 8.80. The summed E-state index contributed by atoms with van der Waals surface area (Å²) in [5.41, 5.74) is 0.550. The summed E-state index contributed by atoms with van der Waals surface area (Å²) >= 11 is 0. The molecule has 0 aliphatic carbocycles. The lowest BCUT2D eigenvalue weighted by molar-refractivity contribution is -0.131. The number of halogens is 1. The Hall–Kier alpha value is -2.74. The van der Waals surface area contributed by atoms with Crippen molar-refractivity contribution >= 4 is 38.8 Å². The lowest BCUT2D eigenvalue weighted by atomic mass is 10.0. The Morgan fingerprint density at radius 2 is 1.86 bits per heavy atom. The molecule has 1 amide bonds. The fraction of sp³-hybridized carbons (Fsp3) is 0.300. The van der Waals surface area contributed by atoms with Gasteiger partial charge < -0.3 is 10.1 Å². The van der Waals surface area contributed by atoms with E-state index in [9.17, 15) is 22.4 Å². The van der Waals surface area contributed by atoms with E-state index in [1.54, 1.807) is 19.9 Å². The number of alkyl carbamates (subject to hydrolysis) is 1. The van der Waals surface area contributed by atoms with Crippen LogP contribution in [0.25, 0.3) is 16.8 Å². The lowest BCUT2D eigenvalue weighted by Crippen LogP contribution is -2.40. The van der Waals surface area contributed by atoms with Gasteiger partial charge >= 0.3 is 12.1 Å². The smallest absolute Gasteiger partial charge is 0.408 e. The molecule has 2 aromatic carbocycles. The number of nitrogens with one attached hydrogen (secondary N) is 1. The van der Waals surface area contributed by atoms with Crippen LogP contribution in [0.3, 0.4) is 0 Å². The molecule has 0 saturated heterocycles. The van der Waals surface area contributed by atoms with Crippen molar-refractivity contribution in [3.63, 3.8) is 0 Å². The Bertz CT molecular complexity index is 1080. The number of rotatable bonds is 6. The highest BCUT2D eigenvalue weighted by molar-refractivity contribution is 7.95. The number of carbonyl (C=O) groups is 2. The van der Waals surface area contributed by atoms with Crippen LogP contribution in [0.2, 0.25) is 0 Å². The van der Waals surface area contributed by atoms with E-state index in [4.69, 9.17) is 4.74 Å². The van der Waals surface area contributed by atoms with Gasteiger partial charge in [-0.2, -0.15) is 4.39 Å². The second-order valence-electron chi connectivity index (χ2n) is 7.02. The number of sulfone groups is 1. The zero-order valence-corrected chi connectivity index (χ0v) is 16.3. The Balaban J connectivity index is 1.76. The van der Waals surface area contributed by atoms with Gasteiger partial charge in [0.05, 0.1) is 9.80 Å². The molecule has 0 saturated carbocycles. The molecule has 0 aromatic heterocycles. The van der Waals surface area contributed by atoms with E-state index < -0.39 is 34.6 Å². The van der Waals surface area contributed by atoms with Crippen LogP contribution in [-0.2, 0) is 19.4 Å². The van der Waals surface area contributed by atoms with Gasteiger partial charge in [-0.1, -0.05) is 44.2 Å². The van der Waals surface area contributed by atoms with Gasteiger partial charge in [-0.05, 0) is 35.3 Å². The van der Waals surface area contributed by atoms with Crippen molar-refractivity contribution in [3.8, 4) is 0 Å². The lowest BCUT2D eigenvalue weighted by Gasteiger charge is -2.15. The number of carbonyl (C=O) groups excluding carboxylic acids is 2. The molecule has 0 unspecified atom stereocenters. The highest BCUT2D eigenvalue weighted by atomic mass is 32.2. The molecule has 0 bridgehead atoms. The molecular weight excluding hydrogens is 385 g/mol. The van der Waals surface area contributed by atoms with E-state index >= 15 is 0 Å².